The van der Waals surface area contributed by atoms with Crippen molar-refractivity contribution in [3.05, 3.63) is 81.8 Å². The number of methoxy groups -OCH3 is 1. The standard InChI is InChI=1S/C29H28N6O3S2/c1-16-10-11-19(12-17(16)2)32-24(37)15-39-29-34-33-28(40-29)35-22-8-5-9-23(36)26(22)25(21(14-30)27(35)31)18-6-4-7-20(13-18)38-3/h4,6-7,10-13,25H,5,8-9,15,31H2,1-3H3,(H,32,37). The summed E-state index contributed by atoms with van der Waals surface area (Å²) in [5.74, 6) is 0.257. The van der Waals surface area contributed by atoms with E-state index in [-0.39, 0.29) is 28.8 Å². The molecule has 0 radical (unpaired) electrons. The summed E-state index contributed by atoms with van der Waals surface area (Å²) in [4.78, 5) is 27.6. The Morgan fingerprint density at radius 3 is 2.80 bits per heavy atom. The van der Waals surface area contributed by atoms with Crippen LogP contribution < -0.4 is 20.7 Å². The summed E-state index contributed by atoms with van der Waals surface area (Å²) in [6.45, 7) is 4.02. The molecule has 2 heterocycles. The lowest BCUT2D eigenvalue weighted by atomic mass is 9.76. The highest BCUT2D eigenvalue weighted by Gasteiger charge is 2.41. The fourth-order valence-corrected chi connectivity index (χ4v) is 6.63. The number of ketones is 1. The largest absolute Gasteiger partial charge is 0.497 e. The lowest BCUT2D eigenvalue weighted by molar-refractivity contribution is -0.116. The topological polar surface area (TPSA) is 134 Å². The zero-order valence-electron chi connectivity index (χ0n) is 22.4. The second-order valence-corrected chi connectivity index (χ2v) is 11.8. The molecule has 5 rings (SSSR count). The average molecular weight is 573 g/mol. The maximum Gasteiger partial charge on any atom is 0.234 e. The second-order valence-electron chi connectivity index (χ2n) is 9.58. The minimum absolute atomic E-state index is 0.0125. The van der Waals surface area contributed by atoms with Crippen LogP contribution in [0.1, 0.15) is 41.9 Å². The van der Waals surface area contributed by atoms with Crippen molar-refractivity contribution in [3.8, 4) is 11.8 Å². The number of carbonyl (C=O) groups excluding carboxylic acids is 2. The zero-order valence-corrected chi connectivity index (χ0v) is 24.0. The van der Waals surface area contributed by atoms with E-state index in [1.165, 1.54) is 23.1 Å². The number of allylic oxidation sites excluding steroid dienone is 3. The van der Waals surface area contributed by atoms with E-state index < -0.39 is 5.92 Å². The summed E-state index contributed by atoms with van der Waals surface area (Å²) >= 11 is 2.53. The van der Waals surface area contributed by atoms with Gasteiger partial charge in [0.15, 0.2) is 10.1 Å². The van der Waals surface area contributed by atoms with Gasteiger partial charge in [0.25, 0.3) is 0 Å². The number of aromatic nitrogens is 2. The quantitative estimate of drug-likeness (QED) is 0.366. The first-order valence-electron chi connectivity index (χ1n) is 12.7. The lowest BCUT2D eigenvalue weighted by Gasteiger charge is -2.38. The lowest BCUT2D eigenvalue weighted by Crippen LogP contribution is -2.38. The first-order valence-corrected chi connectivity index (χ1v) is 14.5. The minimum Gasteiger partial charge on any atom is -0.497 e. The van der Waals surface area contributed by atoms with E-state index in [2.05, 4.69) is 21.6 Å². The van der Waals surface area contributed by atoms with Crippen LogP contribution in [0.3, 0.4) is 0 Å². The van der Waals surface area contributed by atoms with E-state index in [0.29, 0.717) is 40.1 Å². The predicted octanol–water partition coefficient (Wildman–Crippen LogP) is 5.20. The van der Waals surface area contributed by atoms with Crippen LogP contribution in [0, 0.1) is 25.2 Å². The molecule has 2 aliphatic rings. The molecule has 0 spiro atoms. The summed E-state index contributed by atoms with van der Waals surface area (Å²) in [6.07, 6.45) is 1.69. The predicted molar refractivity (Wildman–Crippen MR) is 156 cm³/mol. The van der Waals surface area contributed by atoms with Crippen molar-refractivity contribution < 1.29 is 14.3 Å². The fraction of sp³-hybridized carbons (Fsp3) is 0.276. The highest BCUT2D eigenvalue weighted by Crippen LogP contribution is 2.47. The molecule has 2 aromatic carbocycles. The molecule has 1 aromatic heterocycles. The Kier molecular flexibility index (Phi) is 7.91. The van der Waals surface area contributed by atoms with Crippen molar-refractivity contribution in [2.75, 3.05) is 23.1 Å². The van der Waals surface area contributed by atoms with E-state index in [1.807, 2.05) is 56.3 Å². The first-order chi connectivity index (χ1) is 19.3. The van der Waals surface area contributed by atoms with Crippen LogP contribution in [0.15, 0.2) is 69.5 Å². The van der Waals surface area contributed by atoms with Gasteiger partial charge in [-0.2, -0.15) is 5.26 Å². The summed E-state index contributed by atoms with van der Waals surface area (Å²) < 4.78 is 5.97. The van der Waals surface area contributed by atoms with Crippen LogP contribution in [0.4, 0.5) is 10.8 Å². The third-order valence-electron chi connectivity index (χ3n) is 7.04. The molecule has 1 aliphatic heterocycles. The number of rotatable bonds is 7. The SMILES string of the molecule is COc1cccc(C2C(C#N)=C(N)N(c3nnc(SCC(=O)Nc4ccc(C)c(C)c4)s3)C3=C2C(=O)CCC3)c1. The number of ether oxygens (including phenoxy) is 1. The molecule has 11 heteroatoms. The van der Waals surface area contributed by atoms with Crippen LogP contribution in [0.5, 0.6) is 5.75 Å². The van der Waals surface area contributed by atoms with Gasteiger partial charge in [-0.3, -0.25) is 14.5 Å². The number of nitrogens with zero attached hydrogens (tertiary/aromatic N) is 4. The number of benzene rings is 2. The Bertz CT molecular complexity index is 1600. The third kappa shape index (κ3) is 5.33. The van der Waals surface area contributed by atoms with Gasteiger partial charge in [-0.25, -0.2) is 0 Å². The van der Waals surface area contributed by atoms with E-state index in [0.717, 1.165) is 28.1 Å². The summed E-state index contributed by atoms with van der Waals surface area (Å²) in [6, 6.07) is 15.4. The second kappa shape index (κ2) is 11.5. The average Bonchev–Trinajstić information content (AvgIpc) is 3.42. The highest BCUT2D eigenvalue weighted by molar-refractivity contribution is 8.01. The number of nitrogens with one attached hydrogen (secondary N) is 1. The van der Waals surface area contributed by atoms with Crippen LogP contribution in [0.2, 0.25) is 0 Å². The van der Waals surface area contributed by atoms with Crippen molar-refractivity contribution in [2.45, 2.75) is 43.4 Å². The summed E-state index contributed by atoms with van der Waals surface area (Å²) in [7, 11) is 1.58. The van der Waals surface area contributed by atoms with Crippen LogP contribution in [-0.2, 0) is 9.59 Å². The number of Topliss-reactive ketones (excluding diaryl/α,β-unsaturated/α-hetero) is 1. The smallest absolute Gasteiger partial charge is 0.234 e. The monoisotopic (exact) mass is 572 g/mol. The number of hydrogen-bond acceptors (Lipinski definition) is 10. The third-order valence-corrected chi connectivity index (χ3v) is 9.09. The number of nitrogens with two attached hydrogens (primary N) is 1. The van der Waals surface area contributed by atoms with Gasteiger partial charge in [0.1, 0.15) is 11.6 Å². The molecule has 204 valence electrons. The Morgan fingerprint density at radius 1 is 1.23 bits per heavy atom. The molecule has 0 fully saturated rings. The van der Waals surface area contributed by atoms with Gasteiger partial charge < -0.3 is 15.8 Å². The van der Waals surface area contributed by atoms with Crippen LogP contribution in [-0.4, -0.2) is 34.8 Å². The molecule has 0 bridgehead atoms. The Labute approximate surface area is 240 Å². The van der Waals surface area contributed by atoms with E-state index >= 15 is 0 Å². The van der Waals surface area contributed by atoms with Crippen LogP contribution in [0.25, 0.3) is 0 Å². The van der Waals surface area contributed by atoms with Crippen molar-refractivity contribution in [1.82, 2.24) is 10.2 Å². The van der Waals surface area contributed by atoms with Crippen molar-refractivity contribution in [2.24, 2.45) is 5.73 Å². The van der Waals surface area contributed by atoms with Gasteiger partial charge in [0.05, 0.1) is 30.4 Å². The van der Waals surface area contributed by atoms with Gasteiger partial charge in [0, 0.05) is 23.4 Å². The molecule has 1 amide bonds. The Morgan fingerprint density at radius 2 is 2.05 bits per heavy atom. The molecular weight excluding hydrogens is 544 g/mol. The Balaban J connectivity index is 1.41. The van der Waals surface area contributed by atoms with Gasteiger partial charge in [0.2, 0.25) is 11.0 Å². The number of aryl methyl sites for hydroxylation is 2. The number of amides is 1. The van der Waals surface area contributed by atoms with Gasteiger partial charge in [-0.05, 0) is 67.6 Å². The van der Waals surface area contributed by atoms with E-state index in [1.54, 1.807) is 12.0 Å². The number of thioether (sulfide) groups is 1. The summed E-state index contributed by atoms with van der Waals surface area (Å²) in [5, 5.41) is 22.2. The van der Waals surface area contributed by atoms with E-state index in [9.17, 15) is 14.9 Å². The molecule has 0 saturated heterocycles. The molecule has 3 aromatic rings. The van der Waals surface area contributed by atoms with E-state index in [4.69, 9.17) is 10.5 Å². The number of nitriles is 1. The van der Waals surface area contributed by atoms with Crippen molar-refractivity contribution >= 4 is 45.6 Å². The normalized spacial score (nSPS) is 17.0. The highest BCUT2D eigenvalue weighted by atomic mass is 32.2. The molecule has 1 atom stereocenters. The first kappa shape index (κ1) is 27.4. The molecule has 9 nitrogen and oxygen atoms in total. The van der Waals surface area contributed by atoms with Crippen molar-refractivity contribution in [3.63, 3.8) is 0 Å². The Hall–Kier alpha value is -4.14. The minimum atomic E-state index is -0.588. The van der Waals surface area contributed by atoms with Crippen LogP contribution >= 0.6 is 23.1 Å². The molecule has 1 unspecified atom stereocenters. The molecule has 1 aliphatic carbocycles. The molecule has 3 N–H and O–H groups in total. The van der Waals surface area contributed by atoms with Gasteiger partial charge in [-0.15, -0.1) is 10.2 Å². The van der Waals surface area contributed by atoms with Gasteiger partial charge in [-0.1, -0.05) is 41.3 Å². The molecular formula is C29H28N6O3S2. The maximum atomic E-state index is 13.3. The number of hydrogen-bond donors (Lipinski definition) is 2. The number of carbonyl (C=O) groups is 2. The summed E-state index contributed by atoms with van der Waals surface area (Å²) in [5.41, 5.74) is 12.0. The van der Waals surface area contributed by atoms with Gasteiger partial charge >= 0.3 is 0 Å². The molecule has 40 heavy (non-hydrogen) atoms. The fourth-order valence-electron chi connectivity index (χ4n) is 4.95. The van der Waals surface area contributed by atoms with Crippen molar-refractivity contribution in [1.29, 1.82) is 5.26 Å². The number of anilines is 2. The maximum absolute atomic E-state index is 13.3. The zero-order chi connectivity index (χ0) is 28.4. The molecule has 0 saturated carbocycles.